The van der Waals surface area contributed by atoms with E-state index in [4.69, 9.17) is 9.72 Å². The number of benzene rings is 1. The largest absolute Gasteiger partial charge is 0.492 e. The molecule has 0 radical (unpaired) electrons. The van der Waals surface area contributed by atoms with Crippen LogP contribution >= 0.6 is 0 Å². The second-order valence-corrected chi connectivity index (χ2v) is 10.9. The number of rotatable bonds is 10. The van der Waals surface area contributed by atoms with Gasteiger partial charge in [-0.25, -0.2) is 19.7 Å². The lowest BCUT2D eigenvalue weighted by Gasteiger charge is -2.42. The Morgan fingerprint density at radius 3 is 2.66 bits per heavy atom. The minimum absolute atomic E-state index is 0.0445. The van der Waals surface area contributed by atoms with Gasteiger partial charge in [0, 0.05) is 50.7 Å². The Bertz CT molecular complexity index is 1260. The molecular formula is C30H40N8O3. The van der Waals surface area contributed by atoms with Crippen LogP contribution in [-0.2, 0) is 11.3 Å². The maximum Gasteiger partial charge on any atom is 0.317 e. The molecule has 2 aromatic heterocycles. The lowest BCUT2D eigenvalue weighted by Crippen LogP contribution is -2.59. The summed E-state index contributed by atoms with van der Waals surface area (Å²) >= 11 is 0. The second kappa shape index (κ2) is 14.0. The average Bonchev–Trinajstić information content (AvgIpc) is 3.50. The van der Waals surface area contributed by atoms with Crippen LogP contribution in [0.25, 0.3) is 0 Å². The lowest BCUT2D eigenvalue weighted by atomic mass is 9.96. The molecule has 11 heteroatoms. The zero-order chi connectivity index (χ0) is 28.4. The Morgan fingerprint density at radius 1 is 1.05 bits per heavy atom. The number of ether oxygens (including phenoxy) is 1. The van der Waals surface area contributed by atoms with E-state index < -0.39 is 0 Å². The van der Waals surface area contributed by atoms with E-state index in [9.17, 15) is 9.59 Å². The number of urea groups is 1. The Morgan fingerprint density at radius 2 is 1.88 bits per heavy atom. The minimum Gasteiger partial charge on any atom is -0.492 e. The van der Waals surface area contributed by atoms with E-state index in [0.29, 0.717) is 45.2 Å². The zero-order valence-corrected chi connectivity index (χ0v) is 23.7. The normalized spacial score (nSPS) is 17.7. The van der Waals surface area contributed by atoms with Crippen LogP contribution in [0.4, 0.5) is 10.6 Å². The highest BCUT2D eigenvalue weighted by atomic mass is 16.5. The number of nitrogens with one attached hydrogen (secondary N) is 2. The second-order valence-electron chi connectivity index (χ2n) is 10.9. The van der Waals surface area contributed by atoms with Crippen molar-refractivity contribution in [1.82, 2.24) is 35.1 Å². The molecule has 5 rings (SSSR count). The number of anilines is 1. The van der Waals surface area contributed by atoms with Crippen LogP contribution in [0.1, 0.15) is 49.9 Å². The molecule has 3 heterocycles. The van der Waals surface area contributed by atoms with Crippen LogP contribution in [0.5, 0.6) is 5.75 Å². The van der Waals surface area contributed by atoms with Crippen LogP contribution < -0.4 is 20.3 Å². The van der Waals surface area contributed by atoms with Crippen molar-refractivity contribution in [3.63, 3.8) is 0 Å². The van der Waals surface area contributed by atoms with Crippen LogP contribution in [0.3, 0.4) is 0 Å². The van der Waals surface area contributed by atoms with Gasteiger partial charge in [0.2, 0.25) is 5.91 Å². The smallest absolute Gasteiger partial charge is 0.317 e. The van der Waals surface area contributed by atoms with E-state index in [-0.39, 0.29) is 30.4 Å². The predicted octanol–water partition coefficient (Wildman–Crippen LogP) is 3.15. The standard InChI is InChI=1S/C30H40N8O3/c1-23-7-9-26(10-8-23)41-18-14-33-29(39)19-25-20-37(30(40)34-24-5-3-2-4-6-24)16-17-38(25)28-11-12-32-27(35-28)21-36-15-13-31-22-36/h7-13,15,22,24-25H,2-6,14,16-21H2,1H3,(H,33,39)(H,34,40). The molecule has 11 nitrogen and oxygen atoms in total. The molecule has 1 unspecified atom stereocenters. The molecular weight excluding hydrogens is 520 g/mol. The number of aryl methyl sites for hydroxylation is 1. The third-order valence-electron chi connectivity index (χ3n) is 7.71. The highest BCUT2D eigenvalue weighted by Gasteiger charge is 2.33. The first kappa shape index (κ1) is 28.4. The SMILES string of the molecule is Cc1ccc(OCCNC(=O)CC2CN(C(=O)NC3CCCCC3)CCN2c2ccnc(Cn3ccnc3)n2)cc1. The molecule has 0 spiro atoms. The number of amides is 3. The molecule has 3 amide bonds. The molecule has 1 saturated carbocycles. The summed E-state index contributed by atoms with van der Waals surface area (Å²) < 4.78 is 7.67. The summed E-state index contributed by atoms with van der Waals surface area (Å²) in [5.41, 5.74) is 1.17. The van der Waals surface area contributed by atoms with E-state index in [0.717, 1.165) is 37.3 Å². The minimum atomic E-state index is -0.227. The molecule has 218 valence electrons. The van der Waals surface area contributed by atoms with Gasteiger partial charge in [0.15, 0.2) is 0 Å². The van der Waals surface area contributed by atoms with Gasteiger partial charge < -0.3 is 29.7 Å². The summed E-state index contributed by atoms with van der Waals surface area (Å²) in [7, 11) is 0. The molecule has 2 aliphatic rings. The van der Waals surface area contributed by atoms with Gasteiger partial charge in [-0.15, -0.1) is 0 Å². The first-order chi connectivity index (χ1) is 20.0. The van der Waals surface area contributed by atoms with Gasteiger partial charge in [-0.2, -0.15) is 0 Å². The molecule has 41 heavy (non-hydrogen) atoms. The third kappa shape index (κ3) is 8.18. The Balaban J connectivity index is 1.22. The number of imidazole rings is 1. The Hall–Kier alpha value is -4.15. The summed E-state index contributed by atoms with van der Waals surface area (Å²) in [6, 6.07) is 9.67. The fourth-order valence-corrected chi connectivity index (χ4v) is 5.48. The molecule has 2 fully saturated rings. The number of carbonyl (C=O) groups excluding carboxylic acids is 2. The first-order valence-electron chi connectivity index (χ1n) is 14.6. The molecule has 1 aromatic carbocycles. The number of hydrogen-bond donors (Lipinski definition) is 2. The highest BCUT2D eigenvalue weighted by Crippen LogP contribution is 2.22. The van der Waals surface area contributed by atoms with Crippen molar-refractivity contribution >= 4 is 17.8 Å². The van der Waals surface area contributed by atoms with E-state index >= 15 is 0 Å². The quantitative estimate of drug-likeness (QED) is 0.366. The van der Waals surface area contributed by atoms with Gasteiger partial charge in [0.1, 0.15) is 24.0 Å². The summed E-state index contributed by atoms with van der Waals surface area (Å²) in [6.45, 7) is 4.88. The molecule has 1 aliphatic heterocycles. The number of nitrogens with zero attached hydrogens (tertiary/aromatic N) is 6. The van der Waals surface area contributed by atoms with Crippen molar-refractivity contribution < 1.29 is 14.3 Å². The van der Waals surface area contributed by atoms with Crippen molar-refractivity contribution in [1.29, 1.82) is 0 Å². The molecule has 1 atom stereocenters. The topological polar surface area (TPSA) is 118 Å². The van der Waals surface area contributed by atoms with Crippen molar-refractivity contribution in [2.75, 3.05) is 37.7 Å². The third-order valence-corrected chi connectivity index (χ3v) is 7.71. The maximum absolute atomic E-state index is 13.2. The summed E-state index contributed by atoms with van der Waals surface area (Å²) in [5.74, 6) is 2.10. The van der Waals surface area contributed by atoms with Crippen LogP contribution in [0.15, 0.2) is 55.2 Å². The van der Waals surface area contributed by atoms with E-state index in [1.54, 1.807) is 18.7 Å². The predicted molar refractivity (Wildman–Crippen MR) is 156 cm³/mol. The van der Waals surface area contributed by atoms with Crippen LogP contribution in [0, 0.1) is 6.92 Å². The Labute approximate surface area is 241 Å². The van der Waals surface area contributed by atoms with Crippen molar-refractivity contribution in [3.05, 3.63) is 66.6 Å². The Kier molecular flexibility index (Phi) is 9.66. The van der Waals surface area contributed by atoms with Gasteiger partial charge in [-0.05, 0) is 38.0 Å². The average molecular weight is 561 g/mol. The monoisotopic (exact) mass is 560 g/mol. The fourth-order valence-electron chi connectivity index (χ4n) is 5.48. The summed E-state index contributed by atoms with van der Waals surface area (Å²) in [4.78, 5) is 43.5. The fraction of sp³-hybridized carbons (Fsp3) is 0.500. The summed E-state index contributed by atoms with van der Waals surface area (Å²) in [6.07, 6.45) is 12.9. The lowest BCUT2D eigenvalue weighted by molar-refractivity contribution is -0.121. The van der Waals surface area contributed by atoms with Gasteiger partial charge in [0.05, 0.1) is 25.5 Å². The van der Waals surface area contributed by atoms with E-state index in [1.807, 2.05) is 52.9 Å². The number of carbonyl (C=O) groups is 2. The number of aromatic nitrogens is 4. The maximum atomic E-state index is 13.2. The van der Waals surface area contributed by atoms with Gasteiger partial charge in [0.25, 0.3) is 0 Å². The van der Waals surface area contributed by atoms with Crippen LogP contribution in [-0.4, -0.2) is 81.2 Å². The van der Waals surface area contributed by atoms with Crippen molar-refractivity contribution in [3.8, 4) is 5.75 Å². The van der Waals surface area contributed by atoms with Crippen molar-refractivity contribution in [2.45, 2.75) is 64.1 Å². The van der Waals surface area contributed by atoms with E-state index in [1.165, 1.54) is 12.0 Å². The van der Waals surface area contributed by atoms with Crippen molar-refractivity contribution in [2.24, 2.45) is 0 Å². The van der Waals surface area contributed by atoms with Gasteiger partial charge in [-0.3, -0.25) is 4.79 Å². The van der Waals surface area contributed by atoms with Gasteiger partial charge in [-0.1, -0.05) is 37.0 Å². The number of piperazine rings is 1. The molecule has 1 aliphatic carbocycles. The molecule has 1 saturated heterocycles. The van der Waals surface area contributed by atoms with Crippen LogP contribution in [0.2, 0.25) is 0 Å². The highest BCUT2D eigenvalue weighted by molar-refractivity contribution is 5.78. The van der Waals surface area contributed by atoms with Gasteiger partial charge >= 0.3 is 6.03 Å². The van der Waals surface area contributed by atoms with E-state index in [2.05, 4.69) is 25.5 Å². The summed E-state index contributed by atoms with van der Waals surface area (Å²) in [5, 5.41) is 6.21. The first-order valence-corrected chi connectivity index (χ1v) is 14.6. The molecule has 0 bridgehead atoms. The molecule has 2 N–H and O–H groups in total. The number of hydrogen-bond acceptors (Lipinski definition) is 7. The zero-order valence-electron chi connectivity index (χ0n) is 23.7. The molecule has 3 aromatic rings.